The second-order valence-electron chi connectivity index (χ2n) is 7.77. The lowest BCUT2D eigenvalue weighted by Gasteiger charge is -2.11. The minimum Gasteiger partial charge on any atom is -0.484 e. The first-order chi connectivity index (χ1) is 16.7. The summed E-state index contributed by atoms with van der Waals surface area (Å²) in [6.45, 7) is 5.62. The van der Waals surface area contributed by atoms with Gasteiger partial charge < -0.3 is 15.4 Å². The van der Waals surface area contributed by atoms with E-state index in [1.807, 2.05) is 39.0 Å². The Morgan fingerprint density at radius 2 is 1.66 bits per heavy atom. The number of halogens is 1. The zero-order valence-electron chi connectivity index (χ0n) is 19.5. The van der Waals surface area contributed by atoms with E-state index >= 15 is 0 Å². The van der Waals surface area contributed by atoms with E-state index in [-0.39, 0.29) is 12.5 Å². The van der Waals surface area contributed by atoms with E-state index in [0.717, 1.165) is 22.4 Å². The highest BCUT2D eigenvalue weighted by Crippen LogP contribution is 2.20. The minimum atomic E-state index is -0.923. The van der Waals surface area contributed by atoms with Gasteiger partial charge in [0.25, 0.3) is 5.91 Å². The van der Waals surface area contributed by atoms with Gasteiger partial charge >= 0.3 is 11.8 Å². The van der Waals surface area contributed by atoms with Crippen LogP contribution in [0.4, 0.5) is 11.4 Å². The second kappa shape index (κ2) is 11.8. The lowest BCUT2D eigenvalue weighted by Crippen LogP contribution is -2.32. The molecule has 0 aliphatic rings. The molecular weight excluding hydrogens is 468 g/mol. The predicted octanol–water partition coefficient (Wildman–Crippen LogP) is 4.37. The fraction of sp³-hybridized carbons (Fsp3) is 0.154. The van der Waals surface area contributed by atoms with Crippen molar-refractivity contribution < 1.29 is 19.1 Å². The van der Waals surface area contributed by atoms with Crippen LogP contribution in [-0.2, 0) is 14.4 Å². The number of hydrogen-bond acceptors (Lipinski definition) is 5. The van der Waals surface area contributed by atoms with Crippen LogP contribution in [0.2, 0.25) is 5.02 Å². The molecule has 35 heavy (non-hydrogen) atoms. The van der Waals surface area contributed by atoms with Gasteiger partial charge in [-0.05, 0) is 85.5 Å². The number of aryl methyl sites for hydroxylation is 2. The van der Waals surface area contributed by atoms with Gasteiger partial charge in [0.2, 0.25) is 0 Å². The number of anilines is 2. The van der Waals surface area contributed by atoms with Crippen LogP contribution < -0.4 is 20.8 Å². The topological polar surface area (TPSA) is 109 Å². The van der Waals surface area contributed by atoms with Gasteiger partial charge in [-0.3, -0.25) is 14.4 Å². The summed E-state index contributed by atoms with van der Waals surface area (Å²) in [5.74, 6) is -1.56. The van der Waals surface area contributed by atoms with E-state index in [2.05, 4.69) is 21.2 Å². The molecule has 0 saturated carbocycles. The van der Waals surface area contributed by atoms with E-state index in [1.54, 1.807) is 42.5 Å². The SMILES string of the molecule is Cc1ccc(NC(=O)C(=O)N/N=C\c2ccc(OCC(=O)Nc3cccc(C)c3C)cc2)cc1Cl. The maximum absolute atomic E-state index is 12.2. The van der Waals surface area contributed by atoms with Crippen molar-refractivity contribution in [3.8, 4) is 5.75 Å². The Kier molecular flexibility index (Phi) is 8.58. The summed E-state index contributed by atoms with van der Waals surface area (Å²) in [6, 6.07) is 17.4. The normalized spacial score (nSPS) is 10.6. The van der Waals surface area contributed by atoms with Crippen LogP contribution in [0.15, 0.2) is 65.8 Å². The first-order valence-corrected chi connectivity index (χ1v) is 11.1. The van der Waals surface area contributed by atoms with Crippen LogP contribution in [0, 0.1) is 20.8 Å². The summed E-state index contributed by atoms with van der Waals surface area (Å²) >= 11 is 6.01. The maximum Gasteiger partial charge on any atom is 0.329 e. The number of benzene rings is 3. The van der Waals surface area contributed by atoms with Crippen LogP contribution in [0.25, 0.3) is 0 Å². The third-order valence-corrected chi connectivity index (χ3v) is 5.55. The van der Waals surface area contributed by atoms with Gasteiger partial charge in [0.15, 0.2) is 6.61 Å². The molecule has 0 saturated heterocycles. The van der Waals surface area contributed by atoms with Gasteiger partial charge in [0.1, 0.15) is 5.75 Å². The molecule has 3 amide bonds. The van der Waals surface area contributed by atoms with E-state index in [9.17, 15) is 14.4 Å². The van der Waals surface area contributed by atoms with Crippen molar-refractivity contribution in [2.24, 2.45) is 5.10 Å². The van der Waals surface area contributed by atoms with Crippen LogP contribution in [0.5, 0.6) is 5.75 Å². The van der Waals surface area contributed by atoms with Crippen LogP contribution in [0.1, 0.15) is 22.3 Å². The van der Waals surface area contributed by atoms with Gasteiger partial charge in [-0.1, -0.05) is 29.8 Å². The van der Waals surface area contributed by atoms with E-state index < -0.39 is 11.8 Å². The monoisotopic (exact) mass is 492 g/mol. The molecule has 3 N–H and O–H groups in total. The molecule has 9 heteroatoms. The molecule has 8 nitrogen and oxygen atoms in total. The Hall–Kier alpha value is -4.17. The average Bonchev–Trinajstić information content (AvgIpc) is 2.83. The quantitative estimate of drug-likeness (QED) is 0.258. The molecule has 0 spiro atoms. The van der Waals surface area contributed by atoms with Crippen molar-refractivity contribution in [2.75, 3.05) is 17.2 Å². The summed E-state index contributed by atoms with van der Waals surface area (Å²) in [4.78, 5) is 36.1. The number of hydrogen-bond donors (Lipinski definition) is 3. The molecule has 0 aromatic heterocycles. The molecule has 0 atom stereocenters. The minimum absolute atomic E-state index is 0.141. The number of hydrazone groups is 1. The van der Waals surface area contributed by atoms with Crippen molar-refractivity contribution in [1.82, 2.24) is 5.43 Å². The predicted molar refractivity (Wildman–Crippen MR) is 137 cm³/mol. The summed E-state index contributed by atoms with van der Waals surface area (Å²) < 4.78 is 5.52. The number of nitrogens with one attached hydrogen (secondary N) is 3. The largest absolute Gasteiger partial charge is 0.484 e. The average molecular weight is 493 g/mol. The molecule has 3 aromatic carbocycles. The van der Waals surface area contributed by atoms with E-state index in [1.165, 1.54) is 6.21 Å². The summed E-state index contributed by atoms with van der Waals surface area (Å²) in [7, 11) is 0. The third kappa shape index (κ3) is 7.41. The molecule has 0 bridgehead atoms. The van der Waals surface area contributed by atoms with Gasteiger partial charge in [0, 0.05) is 16.4 Å². The van der Waals surface area contributed by atoms with Crippen molar-refractivity contribution in [3.05, 3.63) is 87.9 Å². The highest BCUT2D eigenvalue weighted by molar-refractivity contribution is 6.39. The molecule has 3 rings (SSSR count). The molecule has 0 aliphatic heterocycles. The molecule has 0 aliphatic carbocycles. The Morgan fingerprint density at radius 1 is 0.914 bits per heavy atom. The second-order valence-corrected chi connectivity index (χ2v) is 8.18. The standard InChI is InChI=1S/C26H25ClN4O4/c1-16-5-4-6-23(18(16)3)30-24(32)15-35-21-11-8-19(9-12-21)14-28-31-26(34)25(33)29-20-10-7-17(2)22(27)13-20/h4-14H,15H2,1-3H3,(H,29,33)(H,30,32)(H,31,34)/b28-14-. The number of carbonyl (C=O) groups excluding carboxylic acids is 3. The lowest BCUT2D eigenvalue weighted by atomic mass is 10.1. The molecule has 0 fully saturated rings. The summed E-state index contributed by atoms with van der Waals surface area (Å²) in [5, 5.41) is 9.56. The zero-order valence-corrected chi connectivity index (χ0v) is 20.3. The van der Waals surface area contributed by atoms with Crippen molar-refractivity contribution in [3.63, 3.8) is 0 Å². The molecule has 0 unspecified atom stereocenters. The first kappa shape index (κ1) is 25.5. The molecule has 3 aromatic rings. The highest BCUT2D eigenvalue weighted by Gasteiger charge is 2.13. The summed E-state index contributed by atoms with van der Waals surface area (Å²) in [5.41, 5.74) is 6.94. The smallest absolute Gasteiger partial charge is 0.329 e. The Labute approximate surface area is 208 Å². The van der Waals surface area contributed by atoms with Crippen molar-refractivity contribution in [2.45, 2.75) is 20.8 Å². The van der Waals surface area contributed by atoms with Crippen molar-refractivity contribution >= 4 is 46.9 Å². The number of ether oxygens (including phenoxy) is 1. The number of rotatable bonds is 7. The number of amides is 3. The van der Waals surface area contributed by atoms with Gasteiger partial charge in [-0.15, -0.1) is 0 Å². The zero-order chi connectivity index (χ0) is 25.4. The summed E-state index contributed by atoms with van der Waals surface area (Å²) in [6.07, 6.45) is 1.38. The van der Waals surface area contributed by atoms with Crippen LogP contribution >= 0.6 is 11.6 Å². The lowest BCUT2D eigenvalue weighted by molar-refractivity contribution is -0.136. The first-order valence-electron chi connectivity index (χ1n) is 10.7. The van der Waals surface area contributed by atoms with E-state index in [0.29, 0.717) is 22.0 Å². The maximum atomic E-state index is 12.2. The van der Waals surface area contributed by atoms with E-state index in [4.69, 9.17) is 16.3 Å². The van der Waals surface area contributed by atoms with Gasteiger partial charge in [-0.25, -0.2) is 5.43 Å². The Morgan fingerprint density at radius 3 is 2.37 bits per heavy atom. The fourth-order valence-electron chi connectivity index (χ4n) is 2.95. The molecule has 180 valence electrons. The number of nitrogens with zero attached hydrogens (tertiary/aromatic N) is 1. The Balaban J connectivity index is 1.45. The molecule has 0 radical (unpaired) electrons. The van der Waals surface area contributed by atoms with Crippen LogP contribution in [-0.4, -0.2) is 30.5 Å². The van der Waals surface area contributed by atoms with Crippen LogP contribution in [0.3, 0.4) is 0 Å². The molecular formula is C26H25ClN4O4. The van der Waals surface area contributed by atoms with Gasteiger partial charge in [-0.2, -0.15) is 5.10 Å². The fourth-order valence-corrected chi connectivity index (χ4v) is 3.13. The van der Waals surface area contributed by atoms with Crippen molar-refractivity contribution in [1.29, 1.82) is 0 Å². The third-order valence-electron chi connectivity index (χ3n) is 5.14. The highest BCUT2D eigenvalue weighted by atomic mass is 35.5. The number of carbonyl (C=O) groups is 3. The molecule has 0 heterocycles. The Bertz CT molecular complexity index is 1270. The van der Waals surface area contributed by atoms with Gasteiger partial charge in [0.05, 0.1) is 6.21 Å².